The number of non-ortho nitro benzene ring substituents is 1. The van der Waals surface area contributed by atoms with Crippen LogP contribution in [0.3, 0.4) is 0 Å². The topological polar surface area (TPSA) is 111 Å². The lowest BCUT2D eigenvalue weighted by molar-refractivity contribution is -0.384. The zero-order valence-corrected chi connectivity index (χ0v) is 14.4. The van der Waals surface area contributed by atoms with Crippen LogP contribution >= 0.6 is 0 Å². The molecule has 0 aromatic heterocycles. The van der Waals surface area contributed by atoms with E-state index in [0.29, 0.717) is 11.4 Å². The highest BCUT2D eigenvalue weighted by Gasteiger charge is 2.29. The van der Waals surface area contributed by atoms with Crippen molar-refractivity contribution >= 4 is 29.0 Å². The summed E-state index contributed by atoms with van der Waals surface area (Å²) in [5.74, 6) is -1.54. The Hall–Kier alpha value is -3.62. The molecule has 0 fully saturated rings. The van der Waals surface area contributed by atoms with Crippen LogP contribution in [0.15, 0.2) is 53.9 Å². The average molecular weight is 359 g/mol. The fourth-order valence-corrected chi connectivity index (χ4v) is 2.40. The summed E-state index contributed by atoms with van der Waals surface area (Å²) in [6, 6.07) is 4.13. The number of nitro groups is 1. The van der Waals surface area contributed by atoms with Gasteiger partial charge in [-0.15, -0.1) is 0 Å². The number of anilines is 2. The summed E-state index contributed by atoms with van der Waals surface area (Å²) in [6.45, 7) is 0. The number of carbonyl (C=O) groups is 2. The quantitative estimate of drug-likeness (QED) is 0.483. The van der Waals surface area contributed by atoms with Gasteiger partial charge in [0.05, 0.1) is 36.1 Å². The molecule has 26 heavy (non-hydrogen) atoms. The average Bonchev–Trinajstić information content (AvgIpc) is 2.88. The predicted octanol–water partition coefficient (Wildman–Crippen LogP) is 2.13. The first kappa shape index (κ1) is 18.7. The largest absolute Gasteiger partial charge is 0.465 e. The summed E-state index contributed by atoms with van der Waals surface area (Å²) >= 11 is 0. The van der Waals surface area contributed by atoms with Gasteiger partial charge in [-0.3, -0.25) is 10.1 Å². The fraction of sp³-hybridized carbons (Fsp3) is 0.176. The van der Waals surface area contributed by atoms with Crippen molar-refractivity contribution in [2.75, 3.05) is 31.5 Å². The van der Waals surface area contributed by atoms with Gasteiger partial charge in [0.25, 0.3) is 5.69 Å². The Labute approximate surface area is 149 Å². The van der Waals surface area contributed by atoms with E-state index < -0.39 is 16.9 Å². The minimum absolute atomic E-state index is 0.0436. The number of rotatable bonds is 5. The zero-order chi connectivity index (χ0) is 19.3. The molecule has 1 aliphatic rings. The number of nitrogens with zero attached hydrogens (tertiary/aromatic N) is 2. The van der Waals surface area contributed by atoms with Crippen molar-refractivity contribution in [3.05, 3.63) is 64.0 Å². The van der Waals surface area contributed by atoms with Crippen molar-refractivity contribution in [2.24, 2.45) is 0 Å². The smallest absolute Gasteiger partial charge is 0.355 e. The number of allylic oxidation sites excluding steroid dienone is 2. The Balaban J connectivity index is 2.76. The van der Waals surface area contributed by atoms with Crippen molar-refractivity contribution in [3.8, 4) is 0 Å². The van der Waals surface area contributed by atoms with Crippen molar-refractivity contribution < 1.29 is 24.0 Å². The van der Waals surface area contributed by atoms with Gasteiger partial charge in [-0.05, 0) is 18.2 Å². The third-order valence-corrected chi connectivity index (χ3v) is 3.61. The second-order valence-electron chi connectivity index (χ2n) is 5.02. The highest BCUT2D eigenvalue weighted by atomic mass is 16.6. The van der Waals surface area contributed by atoms with Crippen molar-refractivity contribution in [3.63, 3.8) is 0 Å². The van der Waals surface area contributed by atoms with Gasteiger partial charge >= 0.3 is 11.9 Å². The number of hydrogen-bond donors (Lipinski definition) is 1. The molecule has 0 spiro atoms. The molecular weight excluding hydrogens is 342 g/mol. The summed E-state index contributed by atoms with van der Waals surface area (Å²) in [6.07, 6.45) is 6.03. The zero-order valence-electron chi connectivity index (χ0n) is 14.4. The highest BCUT2D eigenvalue weighted by molar-refractivity contribution is 6.06. The van der Waals surface area contributed by atoms with Gasteiger partial charge in [0, 0.05) is 25.4 Å². The van der Waals surface area contributed by atoms with Crippen molar-refractivity contribution in [2.45, 2.75) is 0 Å². The molecule has 2 rings (SSSR count). The predicted molar refractivity (Wildman–Crippen MR) is 94.5 cm³/mol. The molecule has 1 N–H and O–H groups in total. The maximum absolute atomic E-state index is 12.4. The maximum Gasteiger partial charge on any atom is 0.355 e. The second kappa shape index (κ2) is 7.97. The summed E-state index contributed by atoms with van der Waals surface area (Å²) in [5, 5.41) is 14.1. The molecule has 0 atom stereocenters. The van der Waals surface area contributed by atoms with E-state index in [-0.39, 0.29) is 17.0 Å². The van der Waals surface area contributed by atoms with Crippen LogP contribution in [0.5, 0.6) is 0 Å². The monoisotopic (exact) mass is 359 g/mol. The number of nitrogens with one attached hydrogen (secondary N) is 1. The Morgan fingerprint density at radius 1 is 1.15 bits per heavy atom. The molecule has 0 radical (unpaired) electrons. The van der Waals surface area contributed by atoms with E-state index >= 15 is 0 Å². The number of benzene rings is 1. The van der Waals surface area contributed by atoms with E-state index in [1.54, 1.807) is 19.2 Å². The van der Waals surface area contributed by atoms with Crippen molar-refractivity contribution in [1.82, 2.24) is 0 Å². The summed E-state index contributed by atoms with van der Waals surface area (Å²) in [4.78, 5) is 36.5. The van der Waals surface area contributed by atoms with Gasteiger partial charge in [0.1, 0.15) is 5.70 Å². The van der Waals surface area contributed by atoms with E-state index in [1.165, 1.54) is 49.6 Å². The lowest BCUT2D eigenvalue weighted by atomic mass is 10.1. The fourth-order valence-electron chi connectivity index (χ4n) is 2.40. The van der Waals surface area contributed by atoms with Crippen LogP contribution in [0.2, 0.25) is 0 Å². The Bertz CT molecular complexity index is 841. The van der Waals surface area contributed by atoms with E-state index in [0.717, 1.165) is 0 Å². The molecule has 0 saturated carbocycles. The molecule has 0 unspecified atom stereocenters. The number of esters is 2. The van der Waals surface area contributed by atoms with E-state index in [4.69, 9.17) is 9.47 Å². The van der Waals surface area contributed by atoms with Crippen molar-refractivity contribution in [1.29, 1.82) is 0 Å². The molecule has 0 amide bonds. The lowest BCUT2D eigenvalue weighted by Gasteiger charge is -2.25. The summed E-state index contributed by atoms with van der Waals surface area (Å²) in [7, 11) is 3.99. The maximum atomic E-state index is 12.4. The normalized spacial score (nSPS) is 13.3. The molecule has 0 saturated heterocycles. The standard InChI is InChI=1S/C17H17N3O6/c1-18-13-8-7-11(20(23)24)10-14(13)19-9-5-4-6-12(16(21)25-2)15(19)17(22)26-3/h4-10,18H,1-3H3. The lowest BCUT2D eigenvalue weighted by Crippen LogP contribution is -2.27. The van der Waals surface area contributed by atoms with Gasteiger partial charge < -0.3 is 19.7 Å². The highest BCUT2D eigenvalue weighted by Crippen LogP contribution is 2.35. The second-order valence-corrected chi connectivity index (χ2v) is 5.02. The van der Waals surface area contributed by atoms with E-state index in [9.17, 15) is 19.7 Å². The van der Waals surface area contributed by atoms with Gasteiger partial charge in [0.2, 0.25) is 0 Å². The Morgan fingerprint density at radius 2 is 1.85 bits per heavy atom. The molecule has 0 bridgehead atoms. The molecule has 0 aliphatic carbocycles. The van der Waals surface area contributed by atoms with E-state index in [2.05, 4.69) is 5.32 Å². The van der Waals surface area contributed by atoms with Gasteiger partial charge in [-0.2, -0.15) is 0 Å². The summed E-state index contributed by atoms with van der Waals surface area (Å²) < 4.78 is 9.54. The Morgan fingerprint density at radius 3 is 2.42 bits per heavy atom. The first-order chi connectivity index (χ1) is 12.4. The summed E-state index contributed by atoms with van der Waals surface area (Å²) in [5.41, 5.74) is 0.462. The van der Waals surface area contributed by atoms with Crippen LogP contribution in [0.1, 0.15) is 0 Å². The van der Waals surface area contributed by atoms with Crippen LogP contribution in [0.4, 0.5) is 17.1 Å². The number of hydrogen-bond acceptors (Lipinski definition) is 8. The van der Waals surface area contributed by atoms with Crippen LogP contribution in [0, 0.1) is 10.1 Å². The number of methoxy groups -OCH3 is 2. The molecular formula is C17H17N3O6. The Kier molecular flexibility index (Phi) is 5.74. The molecule has 1 aliphatic heterocycles. The molecule has 1 aromatic rings. The van der Waals surface area contributed by atoms with Crippen LogP contribution in [-0.4, -0.2) is 38.1 Å². The molecule has 9 heteroatoms. The van der Waals surface area contributed by atoms with Gasteiger partial charge in [0.15, 0.2) is 0 Å². The van der Waals surface area contributed by atoms with Gasteiger partial charge in [-0.1, -0.05) is 6.08 Å². The first-order valence-electron chi connectivity index (χ1n) is 7.45. The molecule has 1 aromatic carbocycles. The number of nitro benzene ring substituents is 1. The minimum Gasteiger partial charge on any atom is -0.465 e. The number of carbonyl (C=O) groups excluding carboxylic acids is 2. The third kappa shape index (κ3) is 3.56. The van der Waals surface area contributed by atoms with E-state index in [1.807, 2.05) is 0 Å². The van der Waals surface area contributed by atoms with Crippen LogP contribution < -0.4 is 10.2 Å². The molecule has 1 heterocycles. The van der Waals surface area contributed by atoms with Crippen LogP contribution in [0.25, 0.3) is 0 Å². The van der Waals surface area contributed by atoms with Crippen LogP contribution in [-0.2, 0) is 19.1 Å². The number of ether oxygens (including phenoxy) is 2. The third-order valence-electron chi connectivity index (χ3n) is 3.61. The molecule has 9 nitrogen and oxygen atoms in total. The first-order valence-corrected chi connectivity index (χ1v) is 7.45. The minimum atomic E-state index is -0.796. The molecule has 136 valence electrons. The van der Waals surface area contributed by atoms with Gasteiger partial charge in [-0.25, -0.2) is 9.59 Å². The SMILES string of the molecule is CNc1ccc([N+](=O)[O-])cc1N1C=CC=CC(C(=O)OC)=C1C(=O)OC.